The van der Waals surface area contributed by atoms with Crippen molar-refractivity contribution >= 4 is 17.2 Å². The lowest BCUT2D eigenvalue weighted by Crippen LogP contribution is -2.33. The van der Waals surface area contributed by atoms with Gasteiger partial charge in [0.2, 0.25) is 5.91 Å². The number of thiazole rings is 1. The minimum Gasteiger partial charge on any atom is -0.348 e. The molecule has 4 nitrogen and oxygen atoms in total. The Morgan fingerprint density at radius 1 is 1.44 bits per heavy atom. The Hall–Kier alpha value is -1.72. The molecule has 0 spiro atoms. The van der Waals surface area contributed by atoms with Gasteiger partial charge in [-0.05, 0) is 12.5 Å². The summed E-state index contributed by atoms with van der Waals surface area (Å²) in [4.78, 5) is 17.2. The largest absolute Gasteiger partial charge is 0.348 e. The SMILES string of the molecule is Cc1cnc(CNC(=O)[C@H](N)c2ccccc2)s1. The average Bonchev–Trinajstić information content (AvgIpc) is 2.82. The maximum atomic E-state index is 11.9. The van der Waals surface area contributed by atoms with E-state index >= 15 is 0 Å². The third kappa shape index (κ3) is 3.15. The van der Waals surface area contributed by atoms with Gasteiger partial charge in [-0.2, -0.15) is 0 Å². The first-order valence-corrected chi connectivity index (χ1v) is 6.48. The molecule has 0 saturated carbocycles. The van der Waals surface area contributed by atoms with Crippen molar-refractivity contribution < 1.29 is 4.79 Å². The monoisotopic (exact) mass is 261 g/mol. The van der Waals surface area contributed by atoms with Gasteiger partial charge in [0.05, 0.1) is 6.54 Å². The van der Waals surface area contributed by atoms with Gasteiger partial charge in [0, 0.05) is 11.1 Å². The highest BCUT2D eigenvalue weighted by atomic mass is 32.1. The summed E-state index contributed by atoms with van der Waals surface area (Å²) < 4.78 is 0. The summed E-state index contributed by atoms with van der Waals surface area (Å²) in [7, 11) is 0. The van der Waals surface area contributed by atoms with Crippen LogP contribution in [0.4, 0.5) is 0 Å². The second kappa shape index (κ2) is 5.75. The Kier molecular flexibility index (Phi) is 4.07. The molecule has 0 unspecified atom stereocenters. The predicted molar refractivity (Wildman–Crippen MR) is 72.1 cm³/mol. The zero-order chi connectivity index (χ0) is 13.0. The van der Waals surface area contributed by atoms with E-state index in [2.05, 4.69) is 10.3 Å². The summed E-state index contributed by atoms with van der Waals surface area (Å²) in [6.45, 7) is 2.41. The summed E-state index contributed by atoms with van der Waals surface area (Å²) in [6, 6.07) is 8.69. The van der Waals surface area contributed by atoms with Gasteiger partial charge >= 0.3 is 0 Å². The van der Waals surface area contributed by atoms with Gasteiger partial charge in [-0.3, -0.25) is 4.79 Å². The Morgan fingerprint density at radius 3 is 2.78 bits per heavy atom. The molecule has 94 valence electrons. The van der Waals surface area contributed by atoms with Crippen molar-refractivity contribution in [3.8, 4) is 0 Å². The molecule has 0 aliphatic carbocycles. The minimum absolute atomic E-state index is 0.186. The fraction of sp³-hybridized carbons (Fsp3) is 0.231. The molecule has 0 saturated heterocycles. The molecule has 0 radical (unpaired) electrons. The highest BCUT2D eigenvalue weighted by molar-refractivity contribution is 7.11. The first-order chi connectivity index (χ1) is 8.66. The summed E-state index contributed by atoms with van der Waals surface area (Å²) in [5.74, 6) is -0.186. The van der Waals surface area contributed by atoms with E-state index in [4.69, 9.17) is 5.73 Å². The highest BCUT2D eigenvalue weighted by Crippen LogP contribution is 2.12. The lowest BCUT2D eigenvalue weighted by atomic mass is 10.1. The van der Waals surface area contributed by atoms with E-state index in [-0.39, 0.29) is 5.91 Å². The number of hydrogen-bond acceptors (Lipinski definition) is 4. The lowest BCUT2D eigenvalue weighted by molar-refractivity contribution is -0.122. The molecule has 18 heavy (non-hydrogen) atoms. The van der Waals surface area contributed by atoms with Crippen LogP contribution >= 0.6 is 11.3 Å². The molecular weight excluding hydrogens is 246 g/mol. The molecule has 1 aromatic carbocycles. The van der Waals surface area contributed by atoms with E-state index < -0.39 is 6.04 Å². The van der Waals surface area contributed by atoms with Crippen molar-refractivity contribution in [2.45, 2.75) is 19.5 Å². The Balaban J connectivity index is 1.92. The molecule has 1 amide bonds. The van der Waals surface area contributed by atoms with Gasteiger partial charge in [0.25, 0.3) is 0 Å². The van der Waals surface area contributed by atoms with Crippen molar-refractivity contribution in [1.29, 1.82) is 0 Å². The predicted octanol–water partition coefficient (Wildman–Crippen LogP) is 1.77. The van der Waals surface area contributed by atoms with E-state index in [9.17, 15) is 4.79 Å². The van der Waals surface area contributed by atoms with E-state index in [0.717, 1.165) is 15.4 Å². The van der Waals surface area contributed by atoms with Crippen molar-refractivity contribution in [2.24, 2.45) is 5.73 Å². The van der Waals surface area contributed by atoms with Gasteiger partial charge < -0.3 is 11.1 Å². The second-order valence-electron chi connectivity index (χ2n) is 3.97. The number of carbonyl (C=O) groups is 1. The molecule has 1 atom stereocenters. The van der Waals surface area contributed by atoms with Gasteiger partial charge in [0.1, 0.15) is 11.0 Å². The quantitative estimate of drug-likeness (QED) is 0.881. The molecule has 5 heteroatoms. The molecular formula is C13H15N3OS. The van der Waals surface area contributed by atoms with Crippen LogP contribution in [-0.4, -0.2) is 10.9 Å². The number of aromatic nitrogens is 1. The summed E-state index contributed by atoms with van der Waals surface area (Å²) in [6.07, 6.45) is 1.79. The van der Waals surface area contributed by atoms with Crippen LogP contribution in [-0.2, 0) is 11.3 Å². The first kappa shape index (κ1) is 12.7. The zero-order valence-corrected chi connectivity index (χ0v) is 10.9. The third-order valence-electron chi connectivity index (χ3n) is 2.52. The van der Waals surface area contributed by atoms with Gasteiger partial charge in [-0.25, -0.2) is 4.98 Å². The Bertz CT molecular complexity index is 524. The smallest absolute Gasteiger partial charge is 0.241 e. The van der Waals surface area contributed by atoms with Gasteiger partial charge in [-0.15, -0.1) is 11.3 Å². The fourth-order valence-corrected chi connectivity index (χ4v) is 2.29. The van der Waals surface area contributed by atoms with Gasteiger partial charge in [-0.1, -0.05) is 30.3 Å². The van der Waals surface area contributed by atoms with Crippen molar-refractivity contribution in [2.75, 3.05) is 0 Å². The second-order valence-corrected chi connectivity index (χ2v) is 5.29. The highest BCUT2D eigenvalue weighted by Gasteiger charge is 2.15. The van der Waals surface area contributed by atoms with E-state index in [1.165, 1.54) is 0 Å². The van der Waals surface area contributed by atoms with Crippen LogP contribution in [0.15, 0.2) is 36.5 Å². The third-order valence-corrected chi connectivity index (χ3v) is 3.44. The number of nitrogens with one attached hydrogen (secondary N) is 1. The number of nitrogens with two attached hydrogens (primary N) is 1. The fourth-order valence-electron chi connectivity index (χ4n) is 1.57. The number of benzene rings is 1. The maximum Gasteiger partial charge on any atom is 0.241 e. The number of aryl methyl sites for hydroxylation is 1. The van der Waals surface area contributed by atoms with Gasteiger partial charge in [0.15, 0.2) is 0 Å². The number of amides is 1. The van der Waals surface area contributed by atoms with Crippen LogP contribution < -0.4 is 11.1 Å². The summed E-state index contributed by atoms with van der Waals surface area (Å²) >= 11 is 1.57. The molecule has 1 heterocycles. The number of rotatable bonds is 4. The lowest BCUT2D eigenvalue weighted by Gasteiger charge is -2.11. The summed E-state index contributed by atoms with van der Waals surface area (Å²) in [5.41, 5.74) is 6.69. The van der Waals surface area contributed by atoms with Crippen LogP contribution in [0.3, 0.4) is 0 Å². The van der Waals surface area contributed by atoms with Crippen LogP contribution in [0.5, 0.6) is 0 Å². The van der Waals surface area contributed by atoms with E-state index in [1.54, 1.807) is 17.5 Å². The molecule has 0 aliphatic rings. The van der Waals surface area contributed by atoms with Crippen LogP contribution in [0.25, 0.3) is 0 Å². The standard InChI is InChI=1S/C13H15N3OS/c1-9-7-15-11(18-9)8-16-13(17)12(14)10-5-3-2-4-6-10/h2-7,12H,8,14H2,1H3,(H,16,17)/t12-/m1/s1. The first-order valence-electron chi connectivity index (χ1n) is 5.66. The normalized spacial score (nSPS) is 12.1. The Labute approximate surface area is 110 Å². The van der Waals surface area contributed by atoms with E-state index in [1.807, 2.05) is 37.3 Å². The molecule has 2 rings (SSSR count). The summed E-state index contributed by atoms with van der Waals surface area (Å²) in [5, 5.41) is 3.68. The average molecular weight is 261 g/mol. The molecule has 0 aliphatic heterocycles. The number of carbonyl (C=O) groups excluding carboxylic acids is 1. The maximum absolute atomic E-state index is 11.9. The van der Waals surface area contributed by atoms with Crippen molar-refractivity contribution in [3.05, 3.63) is 52.0 Å². The van der Waals surface area contributed by atoms with Crippen LogP contribution in [0.2, 0.25) is 0 Å². The molecule has 1 aromatic heterocycles. The zero-order valence-electron chi connectivity index (χ0n) is 10.1. The topological polar surface area (TPSA) is 68.0 Å². The van der Waals surface area contributed by atoms with E-state index in [0.29, 0.717) is 6.54 Å². The number of nitrogens with zero attached hydrogens (tertiary/aromatic N) is 1. The number of hydrogen-bond donors (Lipinski definition) is 2. The van der Waals surface area contributed by atoms with Crippen LogP contribution in [0.1, 0.15) is 21.5 Å². The van der Waals surface area contributed by atoms with Crippen molar-refractivity contribution in [3.63, 3.8) is 0 Å². The minimum atomic E-state index is -0.632. The molecule has 0 fully saturated rings. The molecule has 0 bridgehead atoms. The van der Waals surface area contributed by atoms with Crippen molar-refractivity contribution in [1.82, 2.24) is 10.3 Å². The van der Waals surface area contributed by atoms with Crippen LogP contribution in [0, 0.1) is 6.92 Å². The molecule has 2 aromatic rings. The molecule has 3 N–H and O–H groups in total. The Morgan fingerprint density at radius 2 is 2.17 bits per heavy atom.